The van der Waals surface area contributed by atoms with E-state index in [0.29, 0.717) is 43.6 Å². The van der Waals surface area contributed by atoms with Crippen LogP contribution in [-0.2, 0) is 49.5 Å². The molecule has 3 fully saturated rings. The van der Waals surface area contributed by atoms with Crippen molar-refractivity contribution in [2.24, 2.45) is 5.92 Å². The Balaban J connectivity index is 1.19. The molecule has 16 nitrogen and oxygen atoms in total. The number of ether oxygens (including phenoxy) is 3. The highest BCUT2D eigenvalue weighted by Gasteiger charge is 2.56. The number of carbonyl (C=O) groups excluding carboxylic acids is 7. The molecule has 2 aromatic rings. The number of rotatable bonds is 13. The molecule has 0 aromatic heterocycles. The van der Waals surface area contributed by atoms with E-state index in [0.717, 1.165) is 37.7 Å². The van der Waals surface area contributed by atoms with Crippen molar-refractivity contribution in [3.05, 3.63) is 65.7 Å². The molecule has 324 valence electrons. The fourth-order valence-electron chi connectivity index (χ4n) is 8.50. The highest BCUT2D eigenvalue weighted by Crippen LogP contribution is 2.36. The molecule has 7 rings (SSSR count). The van der Waals surface area contributed by atoms with Gasteiger partial charge < -0.3 is 45.3 Å². The van der Waals surface area contributed by atoms with Crippen molar-refractivity contribution in [3.63, 3.8) is 0 Å². The van der Waals surface area contributed by atoms with Gasteiger partial charge in [-0.25, -0.2) is 0 Å². The fraction of sp³-hybridized carbons (Fsp3) is 0.568. The molecular weight excluding hydrogens is 773 g/mol. The van der Waals surface area contributed by atoms with Gasteiger partial charge in [0.15, 0.2) is 6.29 Å². The SMILES string of the molecule is CCCCC(NC(=O)[C@@H]1[C@H]2OC3CCCOc4cccc(c4)CC(=O)N[C@@H](C4CCCCC4)C(=O)N1C[C@@H]2O3)C(=O)C(=O)NCC(=O)N[C@H](C(=O)N(C)C)c1ccccc1. The Morgan fingerprint density at radius 1 is 0.917 bits per heavy atom. The Morgan fingerprint density at radius 2 is 1.68 bits per heavy atom. The van der Waals surface area contributed by atoms with Crippen LogP contribution in [-0.4, -0.2) is 121 Å². The molecule has 1 aliphatic carbocycles. The lowest BCUT2D eigenvalue weighted by Crippen LogP contribution is -2.60. The molecule has 6 bridgehead atoms. The van der Waals surface area contributed by atoms with E-state index >= 15 is 0 Å². The Kier molecular flexibility index (Phi) is 15.3. The third-order valence-electron chi connectivity index (χ3n) is 11.6. The van der Waals surface area contributed by atoms with Gasteiger partial charge in [0.1, 0.15) is 36.1 Å². The average molecular weight is 831 g/mol. The molecule has 7 atom stereocenters. The van der Waals surface area contributed by atoms with Crippen molar-refractivity contribution in [1.82, 2.24) is 31.1 Å². The third kappa shape index (κ3) is 11.1. The number of hydrogen-bond acceptors (Lipinski definition) is 10. The van der Waals surface area contributed by atoms with Gasteiger partial charge in [-0.15, -0.1) is 0 Å². The van der Waals surface area contributed by atoms with E-state index in [1.807, 2.05) is 31.2 Å². The predicted octanol–water partition coefficient (Wildman–Crippen LogP) is 2.09. The fourth-order valence-corrected chi connectivity index (χ4v) is 8.50. The number of hydrogen-bond donors (Lipinski definition) is 4. The van der Waals surface area contributed by atoms with Crippen LogP contribution in [0, 0.1) is 5.92 Å². The summed E-state index contributed by atoms with van der Waals surface area (Å²) in [5, 5.41) is 10.8. The summed E-state index contributed by atoms with van der Waals surface area (Å²) >= 11 is 0. The highest BCUT2D eigenvalue weighted by atomic mass is 16.7. The van der Waals surface area contributed by atoms with Crippen molar-refractivity contribution in [2.45, 2.75) is 120 Å². The van der Waals surface area contributed by atoms with Gasteiger partial charge in [0.2, 0.25) is 35.3 Å². The molecule has 0 spiro atoms. The van der Waals surface area contributed by atoms with Crippen molar-refractivity contribution in [1.29, 1.82) is 0 Å². The lowest BCUT2D eigenvalue weighted by Gasteiger charge is -2.35. The molecule has 2 saturated heterocycles. The summed E-state index contributed by atoms with van der Waals surface area (Å²) in [6.07, 6.45) is 4.39. The van der Waals surface area contributed by atoms with Crippen molar-refractivity contribution >= 4 is 41.2 Å². The summed E-state index contributed by atoms with van der Waals surface area (Å²) in [4.78, 5) is 98.7. The van der Waals surface area contributed by atoms with Crippen molar-refractivity contribution in [2.75, 3.05) is 33.8 Å². The number of ketones is 1. The number of likely N-dealkylation sites (N-methyl/N-ethyl adjacent to an activating group) is 1. The minimum absolute atomic E-state index is 0.0257. The zero-order valence-electron chi connectivity index (χ0n) is 34.7. The van der Waals surface area contributed by atoms with E-state index in [-0.39, 0.29) is 37.1 Å². The van der Waals surface area contributed by atoms with E-state index < -0.39 is 78.6 Å². The Hall–Kier alpha value is -5.35. The van der Waals surface area contributed by atoms with Gasteiger partial charge >= 0.3 is 0 Å². The highest BCUT2D eigenvalue weighted by molar-refractivity contribution is 6.38. The number of nitrogens with zero attached hydrogens (tertiary/aromatic N) is 2. The normalized spacial score (nSPS) is 24.3. The second kappa shape index (κ2) is 20.8. The van der Waals surface area contributed by atoms with Crippen LogP contribution in [0.4, 0.5) is 0 Å². The van der Waals surface area contributed by atoms with Gasteiger partial charge in [-0.2, -0.15) is 0 Å². The van der Waals surface area contributed by atoms with Gasteiger partial charge in [0.05, 0.1) is 32.2 Å². The first-order valence-electron chi connectivity index (χ1n) is 21.2. The first kappa shape index (κ1) is 44.2. The largest absolute Gasteiger partial charge is 0.494 e. The second-order valence-corrected chi connectivity index (χ2v) is 16.3. The summed E-state index contributed by atoms with van der Waals surface area (Å²) in [5.41, 5.74) is 1.28. The molecule has 1 saturated carbocycles. The average Bonchev–Trinajstić information content (AvgIpc) is 3.81. The van der Waals surface area contributed by atoms with Crippen LogP contribution in [0.15, 0.2) is 54.6 Å². The van der Waals surface area contributed by atoms with Crippen LogP contribution in [0.1, 0.15) is 88.3 Å². The summed E-state index contributed by atoms with van der Waals surface area (Å²) in [5.74, 6) is -4.14. The maximum absolute atomic E-state index is 14.8. The molecule has 6 amide bonds. The molecule has 16 heteroatoms. The molecule has 4 heterocycles. The monoisotopic (exact) mass is 830 g/mol. The van der Waals surface area contributed by atoms with E-state index in [9.17, 15) is 33.6 Å². The molecule has 4 N–H and O–H groups in total. The quantitative estimate of drug-likeness (QED) is 0.217. The maximum atomic E-state index is 14.8. The molecule has 5 aliphatic rings. The zero-order valence-corrected chi connectivity index (χ0v) is 34.7. The van der Waals surface area contributed by atoms with Crippen LogP contribution in [0.3, 0.4) is 0 Å². The molecule has 4 aliphatic heterocycles. The standard InChI is InChI=1S/C44H58N6O10/c1-4-5-20-31(39(53)42(55)45-25-34(52)48-36(43(56)49(2)3)28-15-8-6-9-16-28)46-41(54)38-40-32-26-50(38)44(57)37(29-17-10-7-11-18-29)47-33(51)24-27-14-12-19-30(23-27)58-22-13-21-35(59-32)60-40/h6,8-9,12,14-16,19,23,29,31-32,35-38,40H,4-5,7,10-11,13,17-18,20-22,24-26H2,1-3H3,(H,45,55)(H,46,54)(H,47,51)(H,48,52)/t31?,32-,35?,36-,37-,38-,40-/m0/s1. The first-order valence-corrected chi connectivity index (χ1v) is 21.2. The number of carbonyl (C=O) groups is 7. The number of unbranched alkanes of at least 4 members (excludes halogenated alkanes) is 1. The van der Waals surface area contributed by atoms with Crippen LogP contribution in [0.2, 0.25) is 0 Å². The summed E-state index contributed by atoms with van der Waals surface area (Å²) in [7, 11) is 3.12. The van der Waals surface area contributed by atoms with Gasteiger partial charge in [-0.3, -0.25) is 33.6 Å². The predicted molar refractivity (Wildman–Crippen MR) is 218 cm³/mol. The third-order valence-corrected chi connectivity index (χ3v) is 11.6. The molecule has 0 radical (unpaired) electrons. The van der Waals surface area contributed by atoms with E-state index in [4.69, 9.17) is 14.2 Å². The van der Waals surface area contributed by atoms with Gasteiger partial charge in [-0.05, 0) is 54.9 Å². The molecule has 2 aromatic carbocycles. The van der Waals surface area contributed by atoms with Gasteiger partial charge in [-0.1, -0.05) is 81.5 Å². The van der Waals surface area contributed by atoms with Crippen LogP contribution < -0.4 is 26.0 Å². The molecule has 60 heavy (non-hydrogen) atoms. The number of Topliss-reactive ketones (excluding diaryl/α,β-unsaturated/α-hetero) is 1. The molecular formula is C44H58N6O10. The van der Waals surface area contributed by atoms with Crippen LogP contribution >= 0.6 is 0 Å². The lowest BCUT2D eigenvalue weighted by atomic mass is 9.83. The maximum Gasteiger partial charge on any atom is 0.290 e. The number of amides is 6. The number of fused-ring (bicyclic) bond motifs is 7. The topological polar surface area (TPSA) is 202 Å². The first-order chi connectivity index (χ1) is 28.9. The smallest absolute Gasteiger partial charge is 0.290 e. The minimum Gasteiger partial charge on any atom is -0.494 e. The minimum atomic E-state index is -1.29. The van der Waals surface area contributed by atoms with Crippen molar-refractivity contribution in [3.8, 4) is 5.75 Å². The number of benzene rings is 2. The van der Waals surface area contributed by atoms with E-state index in [2.05, 4.69) is 21.3 Å². The Bertz CT molecular complexity index is 1870. The van der Waals surface area contributed by atoms with Gasteiger partial charge in [0, 0.05) is 20.5 Å². The summed E-state index contributed by atoms with van der Waals surface area (Å²) < 4.78 is 18.6. The summed E-state index contributed by atoms with van der Waals surface area (Å²) in [6, 6.07) is 11.5. The molecule has 2 unspecified atom stereocenters. The summed E-state index contributed by atoms with van der Waals surface area (Å²) in [6.45, 7) is 1.69. The number of nitrogens with one attached hydrogen (secondary N) is 4. The van der Waals surface area contributed by atoms with E-state index in [1.165, 1.54) is 9.80 Å². The lowest BCUT2D eigenvalue weighted by molar-refractivity contribution is -0.151. The van der Waals surface area contributed by atoms with E-state index in [1.54, 1.807) is 44.4 Å². The van der Waals surface area contributed by atoms with Crippen LogP contribution in [0.5, 0.6) is 5.75 Å². The van der Waals surface area contributed by atoms with Crippen LogP contribution in [0.25, 0.3) is 0 Å². The Morgan fingerprint density at radius 3 is 2.42 bits per heavy atom. The van der Waals surface area contributed by atoms with Gasteiger partial charge in [0.25, 0.3) is 5.91 Å². The zero-order chi connectivity index (χ0) is 42.8. The van der Waals surface area contributed by atoms with Crippen molar-refractivity contribution < 1.29 is 47.8 Å². The Labute approximate surface area is 350 Å². The second-order valence-electron chi connectivity index (χ2n) is 16.3.